The third-order valence-corrected chi connectivity index (χ3v) is 3.25. The molecule has 6 heteroatoms. The van der Waals surface area contributed by atoms with Crippen molar-refractivity contribution < 1.29 is 9.63 Å². The van der Waals surface area contributed by atoms with Gasteiger partial charge in [0.1, 0.15) is 0 Å². The van der Waals surface area contributed by atoms with E-state index in [1.807, 2.05) is 6.92 Å². The molecular weight excluding hydrogens is 263 g/mol. The standard InChI is InChI=1S/C11H12Cl2N2O2/c1-2-15-11(16)14(5-6-17-15)8-3-4-9(12)10(13)7-8/h3-4,7H,2,5-6H2,1H3. The fraction of sp³-hybridized carbons (Fsp3) is 0.364. The zero-order valence-electron chi connectivity index (χ0n) is 9.32. The molecule has 1 aromatic carbocycles. The molecule has 0 N–H and O–H groups in total. The molecule has 2 rings (SSSR count). The van der Waals surface area contributed by atoms with Crippen molar-refractivity contribution in [3.05, 3.63) is 28.2 Å². The molecule has 17 heavy (non-hydrogen) atoms. The number of anilines is 1. The van der Waals surface area contributed by atoms with Gasteiger partial charge in [0.05, 0.1) is 23.2 Å². The zero-order chi connectivity index (χ0) is 12.4. The maximum absolute atomic E-state index is 12.0. The lowest BCUT2D eigenvalue weighted by molar-refractivity contribution is -0.120. The van der Waals surface area contributed by atoms with Gasteiger partial charge < -0.3 is 0 Å². The molecule has 1 aromatic rings. The molecule has 0 atom stereocenters. The Hall–Kier alpha value is -0.970. The zero-order valence-corrected chi connectivity index (χ0v) is 10.8. The first-order valence-electron chi connectivity index (χ1n) is 5.30. The first-order chi connectivity index (χ1) is 8.13. The normalized spacial score (nSPS) is 16.5. The highest BCUT2D eigenvalue weighted by atomic mass is 35.5. The van der Waals surface area contributed by atoms with E-state index in [0.717, 1.165) is 5.69 Å². The van der Waals surface area contributed by atoms with Crippen LogP contribution in [0.3, 0.4) is 0 Å². The maximum atomic E-state index is 12.0. The molecule has 1 heterocycles. The molecule has 4 nitrogen and oxygen atoms in total. The first kappa shape index (κ1) is 12.5. The van der Waals surface area contributed by atoms with Crippen LogP contribution >= 0.6 is 23.2 Å². The van der Waals surface area contributed by atoms with E-state index < -0.39 is 0 Å². The summed E-state index contributed by atoms with van der Waals surface area (Å²) in [6.07, 6.45) is 0. The van der Waals surface area contributed by atoms with E-state index >= 15 is 0 Å². The second-order valence-corrected chi connectivity index (χ2v) is 4.37. The summed E-state index contributed by atoms with van der Waals surface area (Å²) in [6, 6.07) is 4.95. The van der Waals surface area contributed by atoms with Crippen LogP contribution in [0.5, 0.6) is 0 Å². The predicted octanol–water partition coefficient (Wildman–Crippen LogP) is 3.19. The Morgan fingerprint density at radius 1 is 1.35 bits per heavy atom. The number of benzene rings is 1. The lowest BCUT2D eigenvalue weighted by atomic mass is 10.3. The van der Waals surface area contributed by atoms with Crippen molar-refractivity contribution in [1.29, 1.82) is 0 Å². The summed E-state index contributed by atoms with van der Waals surface area (Å²) in [7, 11) is 0. The second-order valence-electron chi connectivity index (χ2n) is 3.56. The topological polar surface area (TPSA) is 32.8 Å². The Morgan fingerprint density at radius 3 is 2.76 bits per heavy atom. The van der Waals surface area contributed by atoms with Crippen LogP contribution in [0.1, 0.15) is 6.92 Å². The Labute approximate surface area is 110 Å². The average molecular weight is 275 g/mol. The Bertz CT molecular complexity index is 439. The van der Waals surface area contributed by atoms with Gasteiger partial charge in [-0.25, -0.2) is 9.86 Å². The highest BCUT2D eigenvalue weighted by molar-refractivity contribution is 6.42. The minimum atomic E-state index is -0.183. The van der Waals surface area contributed by atoms with Crippen molar-refractivity contribution in [2.24, 2.45) is 0 Å². The molecule has 0 saturated carbocycles. The smallest absolute Gasteiger partial charge is 0.290 e. The third kappa shape index (κ3) is 2.49. The summed E-state index contributed by atoms with van der Waals surface area (Å²) >= 11 is 11.8. The van der Waals surface area contributed by atoms with Crippen molar-refractivity contribution in [3.63, 3.8) is 0 Å². The van der Waals surface area contributed by atoms with Crippen molar-refractivity contribution >= 4 is 34.9 Å². The number of carbonyl (C=O) groups excluding carboxylic acids is 1. The average Bonchev–Trinajstić information content (AvgIpc) is 2.33. The monoisotopic (exact) mass is 274 g/mol. The first-order valence-corrected chi connectivity index (χ1v) is 6.06. The van der Waals surface area contributed by atoms with Crippen LogP contribution in [0.2, 0.25) is 10.0 Å². The number of carbonyl (C=O) groups is 1. The van der Waals surface area contributed by atoms with E-state index in [1.54, 1.807) is 23.1 Å². The van der Waals surface area contributed by atoms with E-state index in [0.29, 0.717) is 29.7 Å². The quantitative estimate of drug-likeness (QED) is 0.830. The summed E-state index contributed by atoms with van der Waals surface area (Å²) in [6.45, 7) is 3.35. The van der Waals surface area contributed by atoms with Crippen LogP contribution in [0.15, 0.2) is 18.2 Å². The Balaban J connectivity index is 2.26. The van der Waals surface area contributed by atoms with Gasteiger partial charge in [0.15, 0.2) is 0 Å². The molecular formula is C11H12Cl2N2O2. The molecule has 1 fully saturated rings. The van der Waals surface area contributed by atoms with Crippen LogP contribution in [0.25, 0.3) is 0 Å². The molecule has 1 aliphatic rings. The number of halogens is 2. The lowest BCUT2D eigenvalue weighted by Gasteiger charge is -2.34. The van der Waals surface area contributed by atoms with Gasteiger partial charge in [-0.1, -0.05) is 23.2 Å². The number of nitrogens with zero attached hydrogens (tertiary/aromatic N) is 2. The minimum Gasteiger partial charge on any atom is -0.290 e. The van der Waals surface area contributed by atoms with Gasteiger partial charge >= 0.3 is 6.03 Å². The van der Waals surface area contributed by atoms with E-state index in [2.05, 4.69) is 0 Å². The molecule has 0 unspecified atom stereocenters. The molecule has 0 bridgehead atoms. The predicted molar refractivity (Wildman–Crippen MR) is 67.5 cm³/mol. The molecule has 0 spiro atoms. The summed E-state index contributed by atoms with van der Waals surface area (Å²) < 4.78 is 0. The Kier molecular flexibility index (Phi) is 3.76. The van der Waals surface area contributed by atoms with E-state index in [9.17, 15) is 4.79 Å². The van der Waals surface area contributed by atoms with Gasteiger partial charge in [-0.05, 0) is 25.1 Å². The second kappa shape index (κ2) is 5.12. The summed E-state index contributed by atoms with van der Waals surface area (Å²) in [4.78, 5) is 18.9. The minimum absolute atomic E-state index is 0.183. The molecule has 1 saturated heterocycles. The van der Waals surface area contributed by atoms with Crippen molar-refractivity contribution in [2.75, 3.05) is 24.6 Å². The number of hydroxylamine groups is 2. The SMILES string of the molecule is CCN1OCCN(c2ccc(Cl)c(Cl)c2)C1=O. The number of rotatable bonds is 2. The van der Waals surface area contributed by atoms with Gasteiger partial charge in [-0.2, -0.15) is 0 Å². The number of amides is 2. The number of urea groups is 1. The van der Waals surface area contributed by atoms with Crippen molar-refractivity contribution in [1.82, 2.24) is 5.06 Å². The fourth-order valence-corrected chi connectivity index (χ4v) is 1.94. The molecule has 0 aromatic heterocycles. The van der Waals surface area contributed by atoms with Crippen molar-refractivity contribution in [2.45, 2.75) is 6.92 Å². The van der Waals surface area contributed by atoms with Crippen LogP contribution in [-0.4, -0.2) is 30.8 Å². The van der Waals surface area contributed by atoms with E-state index in [1.165, 1.54) is 5.06 Å². The van der Waals surface area contributed by atoms with Gasteiger partial charge in [0, 0.05) is 12.2 Å². The molecule has 2 amide bonds. The van der Waals surface area contributed by atoms with Gasteiger partial charge in [-0.15, -0.1) is 0 Å². The summed E-state index contributed by atoms with van der Waals surface area (Å²) in [5.74, 6) is 0. The maximum Gasteiger partial charge on any atom is 0.348 e. The number of hydrogen-bond acceptors (Lipinski definition) is 2. The van der Waals surface area contributed by atoms with E-state index in [-0.39, 0.29) is 6.03 Å². The molecule has 92 valence electrons. The number of hydrogen-bond donors (Lipinski definition) is 0. The Morgan fingerprint density at radius 2 is 2.12 bits per heavy atom. The van der Waals surface area contributed by atoms with E-state index in [4.69, 9.17) is 28.0 Å². The van der Waals surface area contributed by atoms with Crippen LogP contribution in [0, 0.1) is 0 Å². The summed E-state index contributed by atoms with van der Waals surface area (Å²) in [5, 5.41) is 2.24. The van der Waals surface area contributed by atoms with Crippen LogP contribution < -0.4 is 4.90 Å². The van der Waals surface area contributed by atoms with Crippen molar-refractivity contribution in [3.8, 4) is 0 Å². The highest BCUT2D eigenvalue weighted by Crippen LogP contribution is 2.28. The lowest BCUT2D eigenvalue weighted by Crippen LogP contribution is -2.50. The molecule has 0 radical (unpaired) electrons. The third-order valence-electron chi connectivity index (χ3n) is 2.51. The van der Waals surface area contributed by atoms with Crippen LogP contribution in [-0.2, 0) is 4.84 Å². The fourth-order valence-electron chi connectivity index (χ4n) is 1.65. The van der Waals surface area contributed by atoms with Crippen LogP contribution in [0.4, 0.5) is 10.5 Å². The van der Waals surface area contributed by atoms with Gasteiger partial charge in [0.2, 0.25) is 0 Å². The largest absolute Gasteiger partial charge is 0.348 e. The highest BCUT2D eigenvalue weighted by Gasteiger charge is 2.26. The van der Waals surface area contributed by atoms with Gasteiger partial charge in [0.25, 0.3) is 0 Å². The summed E-state index contributed by atoms with van der Waals surface area (Å²) in [5.41, 5.74) is 0.728. The molecule has 1 aliphatic heterocycles. The van der Waals surface area contributed by atoms with Gasteiger partial charge in [-0.3, -0.25) is 9.74 Å². The molecule has 0 aliphatic carbocycles.